The van der Waals surface area contributed by atoms with Gasteiger partial charge in [-0.25, -0.2) is 0 Å². The molecule has 1 N–H and O–H groups in total. The van der Waals surface area contributed by atoms with Crippen LogP contribution in [-0.2, 0) is 6.42 Å². The number of hydrogen-bond acceptors (Lipinski definition) is 5. The number of piperazine rings is 3. The topological polar surface area (TPSA) is 35.9 Å². The van der Waals surface area contributed by atoms with Crippen molar-refractivity contribution in [2.45, 2.75) is 76.5 Å². The number of benzene rings is 2. The number of unbranched alkanes of at least 4 members (excludes halogenated alkanes) is 2. The molecule has 246 valence electrons. The maximum absolute atomic E-state index is 7.00. The molecule has 3 saturated heterocycles. The fourth-order valence-corrected chi connectivity index (χ4v) is 8.08. The Kier molecular flexibility index (Phi) is 18.0. The zero-order chi connectivity index (χ0) is 32.3. The quantitative estimate of drug-likeness (QED) is 0.149. The highest BCUT2D eigenvalue weighted by Gasteiger charge is 2.37. The van der Waals surface area contributed by atoms with Gasteiger partial charge in [0.2, 0.25) is 0 Å². The molecule has 2 aromatic rings. The van der Waals surface area contributed by atoms with Gasteiger partial charge < -0.3 is 19.2 Å². The maximum Gasteiger partial charge on any atom is 0.119 e. The van der Waals surface area contributed by atoms with Crippen molar-refractivity contribution in [1.29, 1.82) is 0 Å². The molecule has 6 heteroatoms. The summed E-state index contributed by atoms with van der Waals surface area (Å²) in [5.74, 6) is 2.32. The molecule has 6 rings (SSSR count). The Hall–Kier alpha value is -2.17. The van der Waals surface area contributed by atoms with Crippen molar-refractivity contribution in [2.75, 3.05) is 84.3 Å². The molecule has 3 fully saturated rings. The standard InChI is InChI=1S/C20H33NS.C15H23N2O.C2H2.CH4O/c1-5-7-12-20(13-8-6-2)14-11-17-15-18(21(3)4)9-10-19(17)22-16-20;1-2-5-15(6-3-1)18-14-4-10-17-11-7-16(8-12-17)9-13-17;2*1-2/h9-10,15H,5-8,11-14,16H2,1-4H3;1-3,5-6H,4,7-14H2;1-2H;2H,1H3/q;+1;;. The van der Waals surface area contributed by atoms with Crippen LogP contribution < -0.4 is 9.64 Å². The van der Waals surface area contributed by atoms with E-state index in [2.05, 4.69) is 80.6 Å². The smallest absolute Gasteiger partial charge is 0.119 e. The number of aryl methyl sites for hydroxylation is 1. The molecule has 0 amide bonds. The van der Waals surface area contributed by atoms with Crippen LogP contribution in [0.2, 0.25) is 0 Å². The summed E-state index contributed by atoms with van der Waals surface area (Å²) in [7, 11) is 5.27. The molecule has 0 spiro atoms. The van der Waals surface area contributed by atoms with Crippen LogP contribution in [0.25, 0.3) is 0 Å². The van der Waals surface area contributed by atoms with Gasteiger partial charge in [0.15, 0.2) is 0 Å². The lowest BCUT2D eigenvalue weighted by molar-refractivity contribution is -0.941. The average molecular weight is 625 g/mol. The van der Waals surface area contributed by atoms with E-state index in [1.807, 2.05) is 30.3 Å². The van der Waals surface area contributed by atoms with Crippen LogP contribution >= 0.6 is 11.8 Å². The lowest BCUT2D eigenvalue weighted by Crippen LogP contribution is -2.67. The molecule has 2 bridgehead atoms. The first kappa shape index (κ1) is 38.0. The molecule has 0 aliphatic carbocycles. The molecular formula is C38H62N3O2S+. The molecule has 44 heavy (non-hydrogen) atoms. The van der Waals surface area contributed by atoms with E-state index in [0.29, 0.717) is 5.41 Å². The van der Waals surface area contributed by atoms with E-state index in [0.717, 1.165) is 19.5 Å². The van der Waals surface area contributed by atoms with Crippen LogP contribution in [0, 0.1) is 18.3 Å². The third-order valence-electron chi connectivity index (χ3n) is 9.60. The van der Waals surface area contributed by atoms with E-state index in [1.165, 1.54) is 124 Å². The predicted molar refractivity (Wildman–Crippen MR) is 192 cm³/mol. The van der Waals surface area contributed by atoms with Crippen molar-refractivity contribution in [3.8, 4) is 18.6 Å². The molecule has 2 aromatic carbocycles. The molecule has 4 heterocycles. The van der Waals surface area contributed by atoms with Gasteiger partial charge in [-0.1, -0.05) is 57.7 Å². The third kappa shape index (κ3) is 12.0. The first-order chi connectivity index (χ1) is 21.5. The van der Waals surface area contributed by atoms with E-state index in [9.17, 15) is 0 Å². The van der Waals surface area contributed by atoms with Crippen molar-refractivity contribution < 1.29 is 14.3 Å². The summed E-state index contributed by atoms with van der Waals surface area (Å²) in [4.78, 5) is 6.35. The van der Waals surface area contributed by atoms with Crippen molar-refractivity contribution in [1.82, 2.24) is 4.90 Å². The number of aliphatic hydroxyl groups excluding tert-OH is 1. The second-order valence-corrected chi connectivity index (χ2v) is 13.8. The first-order valence-electron chi connectivity index (χ1n) is 16.9. The summed E-state index contributed by atoms with van der Waals surface area (Å²) in [5, 5.41) is 7.00. The maximum atomic E-state index is 7.00. The predicted octanol–water partition coefficient (Wildman–Crippen LogP) is 7.62. The molecule has 0 radical (unpaired) electrons. The van der Waals surface area contributed by atoms with E-state index >= 15 is 0 Å². The summed E-state index contributed by atoms with van der Waals surface area (Å²) < 4.78 is 7.12. The van der Waals surface area contributed by atoms with Gasteiger partial charge >= 0.3 is 0 Å². The number of rotatable bonds is 12. The number of quaternary nitrogens is 1. The van der Waals surface area contributed by atoms with E-state index < -0.39 is 0 Å². The van der Waals surface area contributed by atoms with Gasteiger partial charge in [-0.15, -0.1) is 24.6 Å². The lowest BCUT2D eigenvalue weighted by Gasteiger charge is -2.50. The van der Waals surface area contributed by atoms with Crippen LogP contribution in [0.5, 0.6) is 5.75 Å². The van der Waals surface area contributed by atoms with Gasteiger partial charge in [0.1, 0.15) is 5.75 Å². The molecule has 0 aromatic heterocycles. The zero-order valence-corrected chi connectivity index (χ0v) is 29.4. The molecule has 4 aliphatic rings. The normalized spacial score (nSPS) is 21.0. The number of fused-ring (bicyclic) bond motifs is 4. The summed E-state index contributed by atoms with van der Waals surface area (Å²) in [6, 6.07) is 17.2. The summed E-state index contributed by atoms with van der Waals surface area (Å²) in [6.07, 6.45) is 20.1. The Morgan fingerprint density at radius 2 is 1.52 bits per heavy atom. The van der Waals surface area contributed by atoms with Crippen molar-refractivity contribution in [3.63, 3.8) is 0 Å². The van der Waals surface area contributed by atoms with Crippen LogP contribution in [0.3, 0.4) is 0 Å². The minimum atomic E-state index is 0.577. The second kappa shape index (κ2) is 20.8. The summed E-state index contributed by atoms with van der Waals surface area (Å²) in [6.45, 7) is 14.8. The Balaban J connectivity index is 0.000000279. The van der Waals surface area contributed by atoms with Gasteiger partial charge in [0.25, 0.3) is 0 Å². The molecule has 0 unspecified atom stereocenters. The van der Waals surface area contributed by atoms with Gasteiger partial charge in [-0.2, -0.15) is 0 Å². The first-order valence-corrected chi connectivity index (χ1v) is 17.9. The highest BCUT2D eigenvalue weighted by Crippen LogP contribution is 2.45. The summed E-state index contributed by atoms with van der Waals surface area (Å²) in [5.41, 5.74) is 3.49. The van der Waals surface area contributed by atoms with Crippen molar-refractivity contribution >= 4 is 17.4 Å². The number of thioether (sulfide) groups is 1. The van der Waals surface area contributed by atoms with Crippen molar-refractivity contribution in [2.24, 2.45) is 5.41 Å². The van der Waals surface area contributed by atoms with E-state index in [4.69, 9.17) is 9.84 Å². The average Bonchev–Trinajstić information content (AvgIpc) is 3.28. The van der Waals surface area contributed by atoms with Gasteiger partial charge in [0.05, 0.1) is 32.8 Å². The number of nitrogens with zero attached hydrogens (tertiary/aromatic N) is 3. The number of aliphatic hydroxyl groups is 1. The fraction of sp³-hybridized carbons (Fsp3) is 0.632. The Bertz CT molecular complexity index is 1030. The van der Waals surface area contributed by atoms with Gasteiger partial charge in [0, 0.05) is 63.6 Å². The molecule has 4 aliphatic heterocycles. The van der Waals surface area contributed by atoms with Crippen molar-refractivity contribution in [3.05, 3.63) is 54.1 Å². The third-order valence-corrected chi connectivity index (χ3v) is 11.1. The van der Waals surface area contributed by atoms with Crippen LogP contribution in [0.1, 0.15) is 70.8 Å². The van der Waals surface area contributed by atoms with Gasteiger partial charge in [-0.3, -0.25) is 4.90 Å². The minimum absolute atomic E-state index is 0.577. The van der Waals surface area contributed by atoms with Crippen LogP contribution in [-0.4, -0.2) is 93.9 Å². The van der Waals surface area contributed by atoms with Crippen LogP contribution in [0.15, 0.2) is 53.4 Å². The monoisotopic (exact) mass is 624 g/mol. The number of anilines is 1. The molecular weight excluding hydrogens is 563 g/mol. The highest BCUT2D eigenvalue weighted by molar-refractivity contribution is 7.99. The molecule has 5 nitrogen and oxygen atoms in total. The number of terminal acetylenes is 1. The largest absolute Gasteiger partial charge is 0.493 e. The SMILES string of the molecule is C#C.CCCCC1(CCCC)CCc2cc(N(C)C)ccc2SC1.CO.c1ccc(OCCC[N+]23CCN(CC2)CC3)cc1. The Labute approximate surface area is 274 Å². The minimum Gasteiger partial charge on any atom is -0.493 e. The van der Waals surface area contributed by atoms with E-state index in [1.54, 1.807) is 5.56 Å². The number of para-hydroxylation sites is 1. The Morgan fingerprint density at radius 1 is 0.909 bits per heavy atom. The number of ether oxygens (including phenoxy) is 1. The second-order valence-electron chi connectivity index (χ2n) is 12.8. The van der Waals surface area contributed by atoms with E-state index in [-0.39, 0.29) is 0 Å². The lowest BCUT2D eigenvalue weighted by atomic mass is 9.75. The fourth-order valence-electron chi connectivity index (χ4n) is 6.68. The molecule has 0 atom stereocenters. The van der Waals surface area contributed by atoms with Gasteiger partial charge in [-0.05, 0) is 67.0 Å². The zero-order valence-electron chi connectivity index (χ0n) is 28.6. The Morgan fingerprint density at radius 3 is 2.09 bits per heavy atom. The highest BCUT2D eigenvalue weighted by atomic mass is 32.2. The summed E-state index contributed by atoms with van der Waals surface area (Å²) >= 11 is 2.12. The molecule has 0 saturated carbocycles. The van der Waals surface area contributed by atoms with Crippen LogP contribution in [0.4, 0.5) is 5.69 Å². The number of hydrogen-bond donors (Lipinski definition) is 1.